The predicted molar refractivity (Wildman–Crippen MR) is 52.2 cm³/mol. The van der Waals surface area contributed by atoms with Crippen LogP contribution in [0.4, 0.5) is 13.2 Å². The maximum Gasteiger partial charge on any atom is 0.406 e. The molecule has 0 aromatic carbocycles. The van der Waals surface area contributed by atoms with Gasteiger partial charge in [0.05, 0.1) is 12.3 Å². The lowest BCUT2D eigenvalue weighted by Crippen LogP contribution is -2.26. The summed E-state index contributed by atoms with van der Waals surface area (Å²) in [7, 11) is 0. The van der Waals surface area contributed by atoms with Crippen LogP contribution >= 0.6 is 0 Å². The van der Waals surface area contributed by atoms with E-state index in [1.54, 1.807) is 0 Å². The van der Waals surface area contributed by atoms with Gasteiger partial charge in [-0.15, -0.1) is 0 Å². The van der Waals surface area contributed by atoms with E-state index < -0.39 is 19.3 Å². The van der Waals surface area contributed by atoms with Gasteiger partial charge in [0.2, 0.25) is 0 Å². The summed E-state index contributed by atoms with van der Waals surface area (Å²) in [4.78, 5) is 11.3. The van der Waals surface area contributed by atoms with Gasteiger partial charge >= 0.3 is 6.18 Å². The molecule has 3 nitrogen and oxygen atoms in total. The molecule has 0 saturated carbocycles. The van der Waals surface area contributed by atoms with E-state index in [1.807, 2.05) is 0 Å². The van der Waals surface area contributed by atoms with Gasteiger partial charge in [0, 0.05) is 17.3 Å². The molecule has 0 radical (unpaired) electrons. The zero-order chi connectivity index (χ0) is 12.5. The van der Waals surface area contributed by atoms with Crippen molar-refractivity contribution >= 4 is 0 Å². The van der Waals surface area contributed by atoms with Crippen LogP contribution in [-0.2, 0) is 13.2 Å². The maximum absolute atomic E-state index is 12.3. The summed E-state index contributed by atoms with van der Waals surface area (Å²) >= 11 is 0. The average Bonchev–Trinajstić information content (AvgIpc) is 2.13. The number of alkyl halides is 3. The van der Waals surface area contributed by atoms with Crippen molar-refractivity contribution in [3.05, 3.63) is 33.2 Å². The highest BCUT2D eigenvalue weighted by Crippen LogP contribution is 2.20. The first-order chi connectivity index (χ1) is 7.26. The summed E-state index contributed by atoms with van der Waals surface area (Å²) in [6.45, 7) is 1.03. The maximum atomic E-state index is 12.3. The van der Waals surface area contributed by atoms with Gasteiger partial charge in [0.15, 0.2) is 5.43 Å². The van der Waals surface area contributed by atoms with Gasteiger partial charge in [-0.2, -0.15) is 13.2 Å². The Morgan fingerprint density at radius 2 is 1.94 bits per heavy atom. The Kier molecular flexibility index (Phi) is 3.42. The van der Waals surface area contributed by atoms with Gasteiger partial charge < -0.3 is 9.67 Å². The zero-order valence-electron chi connectivity index (χ0n) is 8.93. The topological polar surface area (TPSA) is 42.2 Å². The third-order valence-electron chi connectivity index (χ3n) is 2.38. The lowest BCUT2D eigenvalue weighted by Gasteiger charge is -2.18. The molecule has 0 atom stereocenters. The largest absolute Gasteiger partial charge is 0.406 e. The van der Waals surface area contributed by atoms with Gasteiger partial charge in [-0.3, -0.25) is 4.79 Å². The average molecular weight is 235 g/mol. The second-order valence-corrected chi connectivity index (χ2v) is 3.58. The van der Waals surface area contributed by atoms with Crippen molar-refractivity contribution < 1.29 is 18.3 Å². The van der Waals surface area contributed by atoms with Crippen LogP contribution in [0.25, 0.3) is 0 Å². The molecule has 0 spiro atoms. The number of halogens is 3. The molecule has 1 aromatic heterocycles. The molecule has 6 heteroatoms. The highest BCUT2D eigenvalue weighted by Gasteiger charge is 2.29. The first kappa shape index (κ1) is 12.8. The number of hydrogen-bond acceptors (Lipinski definition) is 2. The van der Waals surface area contributed by atoms with Crippen LogP contribution in [0.5, 0.6) is 0 Å². The van der Waals surface area contributed by atoms with Crippen molar-refractivity contribution in [3.8, 4) is 0 Å². The molecule has 90 valence electrons. The molecule has 0 aliphatic heterocycles. The molecule has 0 fully saturated rings. The number of aryl methyl sites for hydroxylation is 1. The molecular formula is C10H12F3NO2. The van der Waals surface area contributed by atoms with E-state index in [2.05, 4.69) is 0 Å². The number of rotatable bonds is 2. The number of hydrogen-bond donors (Lipinski definition) is 1. The van der Waals surface area contributed by atoms with Crippen molar-refractivity contribution in [2.75, 3.05) is 0 Å². The minimum absolute atomic E-state index is 0.0160. The van der Waals surface area contributed by atoms with E-state index in [4.69, 9.17) is 5.11 Å². The van der Waals surface area contributed by atoms with E-state index in [0.717, 1.165) is 10.6 Å². The van der Waals surface area contributed by atoms with Crippen LogP contribution in [0.1, 0.15) is 17.0 Å². The highest BCUT2D eigenvalue weighted by molar-refractivity contribution is 5.23. The van der Waals surface area contributed by atoms with Gasteiger partial charge in [-0.05, 0) is 13.8 Å². The smallest absolute Gasteiger partial charge is 0.390 e. The van der Waals surface area contributed by atoms with Gasteiger partial charge in [0.1, 0.15) is 6.54 Å². The summed E-state index contributed by atoms with van der Waals surface area (Å²) < 4.78 is 37.8. The normalized spacial score (nSPS) is 11.9. The van der Waals surface area contributed by atoms with Gasteiger partial charge in [-0.1, -0.05) is 0 Å². The fourth-order valence-corrected chi connectivity index (χ4v) is 1.54. The number of nitrogens with zero attached hydrogens (tertiary/aromatic N) is 1. The Labute approximate surface area is 90.1 Å². The fourth-order valence-electron chi connectivity index (χ4n) is 1.54. The number of aromatic nitrogens is 1. The molecule has 0 saturated heterocycles. The Morgan fingerprint density at radius 1 is 1.38 bits per heavy atom. The second-order valence-electron chi connectivity index (χ2n) is 3.58. The highest BCUT2D eigenvalue weighted by atomic mass is 19.4. The lowest BCUT2D eigenvalue weighted by molar-refractivity contribution is -0.141. The Morgan fingerprint density at radius 3 is 2.38 bits per heavy atom. The standard InChI is InChI=1S/C10H12F3NO2/c1-6-3-9(16)7(2)8(4-15)14(6)5-10(11,12)13/h3,15H,4-5H2,1-2H3. The number of pyridine rings is 1. The summed E-state index contributed by atoms with van der Waals surface area (Å²) in [6, 6.07) is 1.14. The molecule has 1 rings (SSSR count). The summed E-state index contributed by atoms with van der Waals surface area (Å²) in [5, 5.41) is 9.02. The van der Waals surface area contributed by atoms with E-state index in [0.29, 0.717) is 0 Å². The molecule has 1 heterocycles. The van der Waals surface area contributed by atoms with Crippen molar-refractivity contribution in [1.29, 1.82) is 0 Å². The zero-order valence-corrected chi connectivity index (χ0v) is 8.93. The number of aliphatic hydroxyl groups is 1. The molecule has 0 bridgehead atoms. The van der Waals surface area contributed by atoms with Crippen LogP contribution in [0.3, 0.4) is 0 Å². The first-order valence-corrected chi connectivity index (χ1v) is 4.64. The Bertz CT molecular complexity index is 449. The molecule has 16 heavy (non-hydrogen) atoms. The van der Waals surface area contributed by atoms with Crippen molar-refractivity contribution in [1.82, 2.24) is 4.57 Å². The number of aliphatic hydroxyl groups excluding tert-OH is 1. The molecular weight excluding hydrogens is 223 g/mol. The third-order valence-corrected chi connectivity index (χ3v) is 2.38. The van der Waals surface area contributed by atoms with E-state index in [-0.39, 0.29) is 22.4 Å². The second kappa shape index (κ2) is 4.29. The Balaban J connectivity index is 3.37. The summed E-state index contributed by atoms with van der Waals surface area (Å²) in [5.74, 6) is 0. The molecule has 1 aromatic rings. The van der Waals surface area contributed by atoms with Crippen LogP contribution in [-0.4, -0.2) is 15.8 Å². The van der Waals surface area contributed by atoms with Crippen LogP contribution in [0.2, 0.25) is 0 Å². The fraction of sp³-hybridized carbons (Fsp3) is 0.500. The first-order valence-electron chi connectivity index (χ1n) is 4.64. The third kappa shape index (κ3) is 2.63. The lowest BCUT2D eigenvalue weighted by atomic mass is 10.1. The summed E-state index contributed by atoms with van der Waals surface area (Å²) in [5.41, 5.74) is -0.00313. The minimum Gasteiger partial charge on any atom is -0.390 e. The van der Waals surface area contributed by atoms with E-state index >= 15 is 0 Å². The van der Waals surface area contributed by atoms with Crippen LogP contribution < -0.4 is 5.43 Å². The molecule has 0 amide bonds. The summed E-state index contributed by atoms with van der Waals surface area (Å²) in [6.07, 6.45) is -4.38. The van der Waals surface area contributed by atoms with Gasteiger partial charge in [-0.25, -0.2) is 0 Å². The monoisotopic (exact) mass is 235 g/mol. The molecule has 1 N–H and O–H groups in total. The van der Waals surface area contributed by atoms with Crippen molar-refractivity contribution in [2.45, 2.75) is 33.2 Å². The van der Waals surface area contributed by atoms with E-state index in [1.165, 1.54) is 13.8 Å². The SMILES string of the molecule is Cc1c(CO)n(CC(F)(F)F)c(C)cc1=O. The van der Waals surface area contributed by atoms with Crippen LogP contribution in [0.15, 0.2) is 10.9 Å². The van der Waals surface area contributed by atoms with E-state index in [9.17, 15) is 18.0 Å². The van der Waals surface area contributed by atoms with Crippen molar-refractivity contribution in [3.63, 3.8) is 0 Å². The van der Waals surface area contributed by atoms with Crippen LogP contribution in [0, 0.1) is 13.8 Å². The predicted octanol–water partition coefficient (Wildman–Crippen LogP) is 1.52. The molecule has 0 unspecified atom stereocenters. The quantitative estimate of drug-likeness (QED) is 0.844. The Hall–Kier alpha value is -1.30. The van der Waals surface area contributed by atoms with Crippen molar-refractivity contribution in [2.24, 2.45) is 0 Å². The minimum atomic E-state index is -4.38. The van der Waals surface area contributed by atoms with Gasteiger partial charge in [0.25, 0.3) is 0 Å². The molecule has 0 aliphatic carbocycles. The molecule has 0 aliphatic rings.